The number of hydrogen-bond acceptors (Lipinski definition) is 2. The molecule has 0 amide bonds. The fourth-order valence-corrected chi connectivity index (χ4v) is 2.97. The van der Waals surface area contributed by atoms with Crippen molar-refractivity contribution in [1.82, 2.24) is 5.32 Å². The molecule has 0 aliphatic carbocycles. The van der Waals surface area contributed by atoms with Gasteiger partial charge in [-0.3, -0.25) is 0 Å². The van der Waals surface area contributed by atoms with Gasteiger partial charge in [0.15, 0.2) is 0 Å². The predicted molar refractivity (Wildman–Crippen MR) is 76.4 cm³/mol. The highest BCUT2D eigenvalue weighted by atomic mass is 35.5. The second-order valence-corrected chi connectivity index (χ2v) is 5.63. The molecule has 1 aromatic carbocycles. The summed E-state index contributed by atoms with van der Waals surface area (Å²) in [6.45, 7) is 4.82. The Bertz CT molecular complexity index is 371. The molecule has 1 aromatic rings. The molecule has 100 valence electrons. The van der Waals surface area contributed by atoms with Crippen LogP contribution in [0, 0.1) is 5.92 Å². The van der Waals surface area contributed by atoms with Crippen LogP contribution in [-0.4, -0.2) is 19.8 Å². The molecule has 1 fully saturated rings. The summed E-state index contributed by atoms with van der Waals surface area (Å²) in [5.41, 5.74) is 1.16. The Hall–Kier alpha value is -0.280. The van der Waals surface area contributed by atoms with Gasteiger partial charge in [0.1, 0.15) is 0 Å². The number of hydrogen-bond donors (Lipinski definition) is 1. The number of halogens is 2. The van der Waals surface area contributed by atoms with E-state index in [-0.39, 0.29) is 6.04 Å². The van der Waals surface area contributed by atoms with Crippen LogP contribution in [0.3, 0.4) is 0 Å². The minimum absolute atomic E-state index is 0.281. The third-order valence-corrected chi connectivity index (χ3v) is 3.73. The van der Waals surface area contributed by atoms with Crippen molar-refractivity contribution >= 4 is 23.2 Å². The molecule has 4 heteroatoms. The smallest absolute Gasteiger partial charge is 0.0513 e. The fourth-order valence-electron chi connectivity index (χ4n) is 2.43. The zero-order chi connectivity index (χ0) is 13.0. The first-order chi connectivity index (χ1) is 8.70. The monoisotopic (exact) mass is 287 g/mol. The maximum atomic E-state index is 6.09. The summed E-state index contributed by atoms with van der Waals surface area (Å²) in [4.78, 5) is 0. The van der Waals surface area contributed by atoms with Crippen molar-refractivity contribution in [2.75, 3.05) is 19.8 Å². The maximum Gasteiger partial charge on any atom is 0.0513 e. The van der Waals surface area contributed by atoms with E-state index in [2.05, 4.69) is 12.2 Å². The van der Waals surface area contributed by atoms with Crippen LogP contribution >= 0.6 is 23.2 Å². The van der Waals surface area contributed by atoms with Crippen LogP contribution in [-0.2, 0) is 4.74 Å². The lowest BCUT2D eigenvalue weighted by atomic mass is 9.92. The highest BCUT2D eigenvalue weighted by Crippen LogP contribution is 2.32. The molecule has 0 spiro atoms. The Balaban J connectivity index is 2.20. The Kier molecular flexibility index (Phi) is 5.31. The second-order valence-electron chi connectivity index (χ2n) is 4.76. The summed E-state index contributed by atoms with van der Waals surface area (Å²) in [5, 5.41) is 4.97. The molecule has 2 nitrogen and oxygen atoms in total. The van der Waals surface area contributed by atoms with Crippen LogP contribution < -0.4 is 5.32 Å². The first-order valence-corrected chi connectivity index (χ1v) is 7.23. The molecule has 0 radical (unpaired) electrons. The lowest BCUT2D eigenvalue weighted by Gasteiger charge is -2.24. The molecule has 18 heavy (non-hydrogen) atoms. The van der Waals surface area contributed by atoms with Gasteiger partial charge in [-0.25, -0.2) is 0 Å². The van der Waals surface area contributed by atoms with Gasteiger partial charge in [-0.15, -0.1) is 0 Å². The lowest BCUT2D eigenvalue weighted by Crippen LogP contribution is -2.29. The zero-order valence-electron chi connectivity index (χ0n) is 10.6. The van der Waals surface area contributed by atoms with Gasteiger partial charge in [-0.05, 0) is 43.1 Å². The number of benzene rings is 1. The van der Waals surface area contributed by atoms with Crippen LogP contribution in [0.5, 0.6) is 0 Å². The lowest BCUT2D eigenvalue weighted by molar-refractivity contribution is 0.176. The van der Waals surface area contributed by atoms with Gasteiger partial charge < -0.3 is 10.1 Å². The van der Waals surface area contributed by atoms with Gasteiger partial charge in [-0.1, -0.05) is 30.1 Å². The van der Waals surface area contributed by atoms with Gasteiger partial charge in [0.05, 0.1) is 6.61 Å². The molecule has 1 N–H and O–H groups in total. The number of nitrogens with one attached hydrogen (secondary N) is 1. The van der Waals surface area contributed by atoms with Crippen molar-refractivity contribution in [3.63, 3.8) is 0 Å². The summed E-state index contributed by atoms with van der Waals surface area (Å²) < 4.78 is 5.49. The van der Waals surface area contributed by atoms with E-state index < -0.39 is 0 Å². The molecule has 2 unspecified atom stereocenters. The Labute approximate surface area is 119 Å². The third kappa shape index (κ3) is 3.61. The zero-order valence-corrected chi connectivity index (χ0v) is 12.1. The summed E-state index contributed by atoms with van der Waals surface area (Å²) in [6.07, 6.45) is 2.20. The van der Waals surface area contributed by atoms with Crippen LogP contribution in [0.15, 0.2) is 18.2 Å². The van der Waals surface area contributed by atoms with Crippen molar-refractivity contribution in [2.45, 2.75) is 25.8 Å². The molecule has 0 bridgehead atoms. The first kappa shape index (κ1) is 14.1. The van der Waals surface area contributed by atoms with Crippen molar-refractivity contribution in [3.8, 4) is 0 Å². The predicted octanol–water partition coefficient (Wildman–Crippen LogP) is 4.07. The van der Waals surface area contributed by atoms with Crippen molar-refractivity contribution < 1.29 is 4.74 Å². The molecule has 1 heterocycles. The van der Waals surface area contributed by atoms with Gasteiger partial charge in [-0.2, -0.15) is 0 Å². The minimum Gasteiger partial charge on any atom is -0.381 e. The fraction of sp³-hybridized carbons (Fsp3) is 0.571. The van der Waals surface area contributed by atoms with Gasteiger partial charge in [0.25, 0.3) is 0 Å². The molecule has 1 aliphatic rings. The Morgan fingerprint density at radius 1 is 1.33 bits per heavy atom. The Morgan fingerprint density at radius 2 is 2.06 bits per heavy atom. The molecule has 0 saturated carbocycles. The van der Waals surface area contributed by atoms with E-state index in [0.717, 1.165) is 38.2 Å². The summed E-state index contributed by atoms with van der Waals surface area (Å²) in [6, 6.07) is 6.05. The SMILES string of the molecule is CCCNC(c1cc(Cl)cc(Cl)c1)C1CCOC1. The van der Waals surface area contributed by atoms with Crippen LogP contribution in [0.4, 0.5) is 0 Å². The van der Waals surface area contributed by atoms with Crippen molar-refractivity contribution in [3.05, 3.63) is 33.8 Å². The maximum absolute atomic E-state index is 6.09. The van der Waals surface area contributed by atoms with Gasteiger partial charge >= 0.3 is 0 Å². The van der Waals surface area contributed by atoms with E-state index in [1.54, 1.807) is 6.07 Å². The molecule has 1 aliphatic heterocycles. The van der Waals surface area contributed by atoms with Crippen LogP contribution in [0.2, 0.25) is 10.0 Å². The second kappa shape index (κ2) is 6.76. The Morgan fingerprint density at radius 3 is 2.61 bits per heavy atom. The standard InChI is InChI=1S/C14H19Cl2NO/c1-2-4-17-14(10-3-5-18-9-10)11-6-12(15)8-13(16)7-11/h6-8,10,14,17H,2-5,9H2,1H3. The number of rotatable bonds is 5. The molecule has 2 rings (SSSR count). The average Bonchev–Trinajstić information content (AvgIpc) is 2.82. The quantitative estimate of drug-likeness (QED) is 0.881. The van der Waals surface area contributed by atoms with E-state index in [9.17, 15) is 0 Å². The highest BCUT2D eigenvalue weighted by Gasteiger charge is 2.26. The van der Waals surface area contributed by atoms with E-state index >= 15 is 0 Å². The van der Waals surface area contributed by atoms with E-state index in [1.807, 2.05) is 12.1 Å². The largest absolute Gasteiger partial charge is 0.381 e. The van der Waals surface area contributed by atoms with Gasteiger partial charge in [0.2, 0.25) is 0 Å². The molecular weight excluding hydrogens is 269 g/mol. The topological polar surface area (TPSA) is 21.3 Å². The van der Waals surface area contributed by atoms with Crippen LogP contribution in [0.1, 0.15) is 31.4 Å². The molecular formula is C14H19Cl2NO. The summed E-state index contributed by atoms with van der Waals surface area (Å²) in [7, 11) is 0. The van der Waals surface area contributed by atoms with Crippen molar-refractivity contribution in [2.24, 2.45) is 5.92 Å². The molecule has 1 saturated heterocycles. The number of ether oxygens (including phenoxy) is 1. The molecule has 2 atom stereocenters. The summed E-state index contributed by atoms with van der Waals surface area (Å²) >= 11 is 12.2. The first-order valence-electron chi connectivity index (χ1n) is 6.48. The van der Waals surface area contributed by atoms with Crippen molar-refractivity contribution in [1.29, 1.82) is 0 Å². The van der Waals surface area contributed by atoms with Crippen LogP contribution in [0.25, 0.3) is 0 Å². The normalized spacial score (nSPS) is 21.2. The van der Waals surface area contributed by atoms with E-state index in [0.29, 0.717) is 16.0 Å². The summed E-state index contributed by atoms with van der Waals surface area (Å²) in [5.74, 6) is 0.506. The van der Waals surface area contributed by atoms with E-state index in [4.69, 9.17) is 27.9 Å². The minimum atomic E-state index is 0.281. The third-order valence-electron chi connectivity index (χ3n) is 3.29. The highest BCUT2D eigenvalue weighted by molar-refractivity contribution is 6.34. The van der Waals surface area contributed by atoms with Gasteiger partial charge in [0, 0.05) is 28.6 Å². The van der Waals surface area contributed by atoms with E-state index in [1.165, 1.54) is 0 Å². The average molecular weight is 288 g/mol. The molecule has 0 aromatic heterocycles.